The minimum absolute atomic E-state index is 0.395. The van der Waals surface area contributed by atoms with E-state index in [4.69, 9.17) is 22.7 Å². The third-order valence-corrected chi connectivity index (χ3v) is 4.11. The van der Waals surface area contributed by atoms with E-state index in [-0.39, 0.29) is 0 Å². The molecule has 110 valence electrons. The summed E-state index contributed by atoms with van der Waals surface area (Å²) < 4.78 is 6.08. The van der Waals surface area contributed by atoms with E-state index in [0.717, 1.165) is 28.0 Å². The van der Waals surface area contributed by atoms with Crippen LogP contribution in [0.1, 0.15) is 11.1 Å². The fraction of sp³-hybridized carbons (Fsp3) is 0.188. The lowest BCUT2D eigenvalue weighted by molar-refractivity contribution is 0.414. The molecule has 0 atom stereocenters. The standard InChI is InChI=1S/C16H17BrN2OS/c1-19(10-11-3-6-13(20-2)7-4-11)12-5-8-14(16(18)21)15(17)9-12/h3-9H,10H2,1-2H3,(H2,18,21). The van der Waals surface area contributed by atoms with Crippen LogP contribution in [0.2, 0.25) is 0 Å². The summed E-state index contributed by atoms with van der Waals surface area (Å²) in [5, 5.41) is 0. The Kier molecular flexibility index (Phi) is 5.20. The first-order valence-electron chi connectivity index (χ1n) is 6.44. The molecule has 3 nitrogen and oxygen atoms in total. The van der Waals surface area contributed by atoms with Crippen LogP contribution in [0.4, 0.5) is 5.69 Å². The zero-order valence-corrected chi connectivity index (χ0v) is 14.4. The van der Waals surface area contributed by atoms with Gasteiger partial charge in [-0.1, -0.05) is 24.4 Å². The van der Waals surface area contributed by atoms with Crippen LogP contribution in [0.25, 0.3) is 0 Å². The van der Waals surface area contributed by atoms with E-state index in [1.54, 1.807) is 7.11 Å². The third kappa shape index (κ3) is 3.95. The zero-order chi connectivity index (χ0) is 15.4. The molecule has 0 amide bonds. The molecule has 0 heterocycles. The molecule has 0 saturated carbocycles. The molecule has 2 N–H and O–H groups in total. The number of ether oxygens (including phenoxy) is 1. The summed E-state index contributed by atoms with van der Waals surface area (Å²) in [5.74, 6) is 0.866. The summed E-state index contributed by atoms with van der Waals surface area (Å²) in [5.41, 5.74) is 8.83. The maximum absolute atomic E-state index is 5.67. The summed E-state index contributed by atoms with van der Waals surface area (Å²) in [6.45, 7) is 0.808. The molecule has 0 radical (unpaired) electrons. The van der Waals surface area contributed by atoms with E-state index in [2.05, 4.69) is 33.0 Å². The molecule has 0 aliphatic rings. The normalized spacial score (nSPS) is 10.2. The Labute approximate surface area is 138 Å². The lowest BCUT2D eigenvalue weighted by atomic mass is 10.1. The van der Waals surface area contributed by atoms with Crippen LogP contribution in [-0.2, 0) is 6.54 Å². The molecule has 5 heteroatoms. The number of hydrogen-bond acceptors (Lipinski definition) is 3. The number of halogens is 1. The van der Waals surface area contributed by atoms with Gasteiger partial charge >= 0.3 is 0 Å². The number of rotatable bonds is 5. The van der Waals surface area contributed by atoms with Crippen molar-refractivity contribution in [2.75, 3.05) is 19.1 Å². The number of methoxy groups -OCH3 is 1. The molecule has 0 saturated heterocycles. The first kappa shape index (κ1) is 15.8. The highest BCUT2D eigenvalue weighted by Crippen LogP contribution is 2.25. The first-order chi connectivity index (χ1) is 10.0. The molecule has 0 bridgehead atoms. The van der Waals surface area contributed by atoms with Crippen LogP contribution >= 0.6 is 28.1 Å². The topological polar surface area (TPSA) is 38.5 Å². The van der Waals surface area contributed by atoms with E-state index < -0.39 is 0 Å². The number of anilines is 1. The molecule has 0 fully saturated rings. The van der Waals surface area contributed by atoms with Gasteiger partial charge in [-0.3, -0.25) is 0 Å². The second-order valence-electron chi connectivity index (χ2n) is 4.73. The van der Waals surface area contributed by atoms with Crippen LogP contribution < -0.4 is 15.4 Å². The number of nitrogens with two attached hydrogens (primary N) is 1. The van der Waals surface area contributed by atoms with Gasteiger partial charge in [0.2, 0.25) is 0 Å². The van der Waals surface area contributed by atoms with Gasteiger partial charge in [0.15, 0.2) is 0 Å². The van der Waals surface area contributed by atoms with Gasteiger partial charge in [-0.05, 0) is 51.8 Å². The number of hydrogen-bond donors (Lipinski definition) is 1. The summed E-state index contributed by atoms with van der Waals surface area (Å²) in [6.07, 6.45) is 0. The Bertz CT molecular complexity index is 643. The van der Waals surface area contributed by atoms with Crippen LogP contribution in [0.5, 0.6) is 5.75 Å². The Morgan fingerprint density at radius 2 is 1.90 bits per heavy atom. The van der Waals surface area contributed by atoms with Crippen molar-refractivity contribution >= 4 is 38.8 Å². The van der Waals surface area contributed by atoms with Gasteiger partial charge in [-0.25, -0.2) is 0 Å². The largest absolute Gasteiger partial charge is 0.497 e. The Morgan fingerprint density at radius 1 is 1.24 bits per heavy atom. The summed E-state index contributed by atoms with van der Waals surface area (Å²) in [6, 6.07) is 14.0. The van der Waals surface area contributed by atoms with Crippen LogP contribution in [0.3, 0.4) is 0 Å². The first-order valence-corrected chi connectivity index (χ1v) is 7.65. The SMILES string of the molecule is COc1ccc(CN(C)c2ccc(C(N)=S)c(Br)c2)cc1. The molecule has 21 heavy (non-hydrogen) atoms. The molecular weight excluding hydrogens is 348 g/mol. The molecule has 0 aliphatic heterocycles. The molecule has 0 unspecified atom stereocenters. The van der Waals surface area contributed by atoms with Gasteiger partial charge in [-0.2, -0.15) is 0 Å². The van der Waals surface area contributed by atoms with Crippen molar-refractivity contribution in [1.29, 1.82) is 0 Å². The average Bonchev–Trinajstić information content (AvgIpc) is 2.47. The summed E-state index contributed by atoms with van der Waals surface area (Å²) >= 11 is 8.52. The second-order valence-corrected chi connectivity index (χ2v) is 6.03. The Hall–Kier alpha value is -1.59. The van der Waals surface area contributed by atoms with Crippen molar-refractivity contribution < 1.29 is 4.74 Å². The molecule has 0 aromatic heterocycles. The monoisotopic (exact) mass is 364 g/mol. The summed E-state index contributed by atoms with van der Waals surface area (Å²) in [4.78, 5) is 2.56. The second kappa shape index (κ2) is 6.91. The van der Waals surface area contributed by atoms with E-state index in [9.17, 15) is 0 Å². The van der Waals surface area contributed by atoms with Crippen LogP contribution in [0, 0.1) is 0 Å². The van der Waals surface area contributed by atoms with E-state index in [1.807, 2.05) is 37.4 Å². The van der Waals surface area contributed by atoms with E-state index >= 15 is 0 Å². The van der Waals surface area contributed by atoms with Gasteiger partial charge in [-0.15, -0.1) is 0 Å². The highest BCUT2D eigenvalue weighted by molar-refractivity contribution is 9.10. The lowest BCUT2D eigenvalue weighted by Crippen LogP contribution is -2.17. The fourth-order valence-electron chi connectivity index (χ4n) is 2.04. The highest BCUT2D eigenvalue weighted by Gasteiger charge is 2.07. The highest BCUT2D eigenvalue weighted by atomic mass is 79.9. The van der Waals surface area contributed by atoms with Crippen molar-refractivity contribution in [3.05, 3.63) is 58.1 Å². The van der Waals surface area contributed by atoms with E-state index in [1.165, 1.54) is 5.56 Å². The molecule has 0 aliphatic carbocycles. The maximum atomic E-state index is 5.67. The van der Waals surface area contributed by atoms with Crippen LogP contribution in [-0.4, -0.2) is 19.1 Å². The number of nitrogens with zero attached hydrogens (tertiary/aromatic N) is 1. The van der Waals surface area contributed by atoms with Gasteiger partial charge in [0, 0.05) is 29.3 Å². The smallest absolute Gasteiger partial charge is 0.118 e. The maximum Gasteiger partial charge on any atom is 0.118 e. The molecular formula is C16H17BrN2OS. The molecule has 2 rings (SSSR count). The van der Waals surface area contributed by atoms with Gasteiger partial charge < -0.3 is 15.4 Å². The van der Waals surface area contributed by atoms with Gasteiger partial charge in [0.1, 0.15) is 10.7 Å². The van der Waals surface area contributed by atoms with Crippen molar-refractivity contribution in [2.45, 2.75) is 6.54 Å². The third-order valence-electron chi connectivity index (χ3n) is 3.24. The van der Waals surface area contributed by atoms with Gasteiger partial charge in [0.05, 0.1) is 7.11 Å². The molecule has 2 aromatic carbocycles. The van der Waals surface area contributed by atoms with E-state index in [0.29, 0.717) is 4.99 Å². The van der Waals surface area contributed by atoms with Crippen molar-refractivity contribution in [2.24, 2.45) is 5.73 Å². The fourth-order valence-corrected chi connectivity index (χ4v) is 2.93. The number of thiocarbonyl (C=S) groups is 1. The lowest BCUT2D eigenvalue weighted by Gasteiger charge is -2.20. The number of benzene rings is 2. The quantitative estimate of drug-likeness (QED) is 0.820. The Balaban J connectivity index is 2.14. The predicted octanol–water partition coefficient (Wildman–Crippen LogP) is 3.73. The van der Waals surface area contributed by atoms with Crippen molar-refractivity contribution in [3.8, 4) is 5.75 Å². The minimum atomic E-state index is 0.395. The van der Waals surface area contributed by atoms with Crippen LogP contribution in [0.15, 0.2) is 46.9 Å². The van der Waals surface area contributed by atoms with Crippen molar-refractivity contribution in [1.82, 2.24) is 0 Å². The zero-order valence-electron chi connectivity index (χ0n) is 12.0. The Morgan fingerprint density at radius 3 is 2.43 bits per heavy atom. The molecule has 2 aromatic rings. The predicted molar refractivity (Wildman–Crippen MR) is 95.1 cm³/mol. The summed E-state index contributed by atoms with van der Waals surface area (Å²) in [7, 11) is 3.72. The minimum Gasteiger partial charge on any atom is -0.497 e. The molecule has 0 spiro atoms. The van der Waals surface area contributed by atoms with Gasteiger partial charge in [0.25, 0.3) is 0 Å². The average molecular weight is 365 g/mol. The van der Waals surface area contributed by atoms with Crippen molar-refractivity contribution in [3.63, 3.8) is 0 Å².